The summed E-state index contributed by atoms with van der Waals surface area (Å²) in [5.41, 5.74) is 16.2. The molecule has 32 heavy (non-hydrogen) atoms. The smallest absolute Gasteiger partial charge is 0.326 e. The monoisotopic (exact) mass is 455 g/mol. The van der Waals surface area contributed by atoms with Gasteiger partial charge in [-0.15, -0.1) is 0 Å². The van der Waals surface area contributed by atoms with Gasteiger partial charge in [-0.25, -0.2) is 4.79 Å². The van der Waals surface area contributed by atoms with Gasteiger partial charge in [0.25, 0.3) is 0 Å². The largest absolute Gasteiger partial charge is 0.480 e. The lowest BCUT2D eigenvalue weighted by Crippen LogP contribution is -2.57. The Morgan fingerprint density at radius 1 is 1.09 bits per heavy atom. The zero-order valence-electron chi connectivity index (χ0n) is 19.0. The molecule has 0 radical (unpaired) electrons. The van der Waals surface area contributed by atoms with Crippen molar-refractivity contribution in [3.63, 3.8) is 0 Å². The number of hydrogen-bond donors (Lipinski definition) is 6. The number of carboxylic acids is 1. The maximum absolute atomic E-state index is 13.1. The average molecular weight is 456 g/mol. The van der Waals surface area contributed by atoms with Crippen LogP contribution < -0.4 is 27.8 Å². The molecular weight excluding hydrogens is 418 g/mol. The summed E-state index contributed by atoms with van der Waals surface area (Å²) in [6.45, 7) is 5.88. The van der Waals surface area contributed by atoms with Crippen LogP contribution in [0.5, 0.6) is 0 Å². The maximum Gasteiger partial charge on any atom is 0.326 e. The van der Waals surface area contributed by atoms with Crippen molar-refractivity contribution < 1.29 is 24.3 Å². The van der Waals surface area contributed by atoms with Gasteiger partial charge < -0.3 is 37.8 Å². The van der Waals surface area contributed by atoms with Gasteiger partial charge in [0.2, 0.25) is 17.7 Å². The van der Waals surface area contributed by atoms with Gasteiger partial charge in [0.05, 0.1) is 6.04 Å². The number of hydrogen-bond acceptors (Lipinski definition) is 6. The SMILES string of the molecule is CC(C)CC(NC(=O)C(CCCN=C(N)N)NC(=O)C(C)N)C(=O)N1CCCC1C(=O)O. The molecule has 1 aliphatic heterocycles. The molecule has 0 bridgehead atoms. The Kier molecular flexibility index (Phi) is 10.9. The molecule has 12 nitrogen and oxygen atoms in total. The number of amides is 3. The quantitative estimate of drug-likeness (QED) is 0.115. The van der Waals surface area contributed by atoms with E-state index in [4.69, 9.17) is 17.2 Å². The highest BCUT2D eigenvalue weighted by Gasteiger charge is 2.38. The highest BCUT2D eigenvalue weighted by Crippen LogP contribution is 2.20. The Bertz CT molecular complexity index is 706. The van der Waals surface area contributed by atoms with Gasteiger partial charge in [-0.2, -0.15) is 0 Å². The van der Waals surface area contributed by atoms with Gasteiger partial charge in [0.15, 0.2) is 5.96 Å². The molecule has 1 fully saturated rings. The van der Waals surface area contributed by atoms with Gasteiger partial charge >= 0.3 is 5.97 Å². The third kappa shape index (κ3) is 8.69. The maximum atomic E-state index is 13.1. The molecule has 12 heteroatoms. The van der Waals surface area contributed by atoms with E-state index in [0.717, 1.165) is 0 Å². The molecule has 0 aromatic rings. The molecule has 1 aliphatic rings. The van der Waals surface area contributed by atoms with Crippen molar-refractivity contribution in [1.82, 2.24) is 15.5 Å². The van der Waals surface area contributed by atoms with Gasteiger partial charge in [-0.05, 0) is 44.9 Å². The van der Waals surface area contributed by atoms with Crippen molar-refractivity contribution in [3.05, 3.63) is 0 Å². The number of rotatable bonds is 12. The minimum atomic E-state index is -1.06. The molecule has 0 saturated carbocycles. The number of aliphatic carboxylic acids is 1. The van der Waals surface area contributed by atoms with Crippen LogP contribution in [-0.2, 0) is 19.2 Å². The van der Waals surface area contributed by atoms with E-state index in [9.17, 15) is 24.3 Å². The van der Waals surface area contributed by atoms with Crippen LogP contribution in [0.1, 0.15) is 52.9 Å². The fourth-order valence-electron chi connectivity index (χ4n) is 3.53. The third-order valence-electron chi connectivity index (χ3n) is 5.13. The standard InChI is InChI=1S/C20H37N7O5/c1-11(2)10-14(18(30)27-9-5-7-15(27)19(31)32)26-17(29)13(25-16(28)12(3)21)6-4-8-24-20(22)23/h11-15H,4-10,21H2,1-3H3,(H,25,28)(H,26,29)(H,31,32)(H4,22,23,24). The molecule has 1 heterocycles. The first-order chi connectivity index (χ1) is 14.9. The summed E-state index contributed by atoms with van der Waals surface area (Å²) in [7, 11) is 0. The van der Waals surface area contributed by atoms with E-state index in [-0.39, 0.29) is 24.8 Å². The van der Waals surface area contributed by atoms with Crippen LogP contribution >= 0.6 is 0 Å². The lowest BCUT2D eigenvalue weighted by Gasteiger charge is -2.29. The van der Waals surface area contributed by atoms with Crippen molar-refractivity contribution in [3.8, 4) is 0 Å². The first-order valence-electron chi connectivity index (χ1n) is 10.9. The van der Waals surface area contributed by atoms with Gasteiger partial charge in [-0.1, -0.05) is 13.8 Å². The zero-order valence-corrected chi connectivity index (χ0v) is 19.0. The summed E-state index contributed by atoms with van der Waals surface area (Å²) < 4.78 is 0. The molecule has 0 aromatic carbocycles. The van der Waals surface area contributed by atoms with Crippen molar-refractivity contribution in [2.75, 3.05) is 13.1 Å². The number of likely N-dealkylation sites (tertiary alicyclic amines) is 1. The van der Waals surface area contributed by atoms with Gasteiger partial charge in [0, 0.05) is 13.1 Å². The molecule has 0 aliphatic carbocycles. The number of nitrogens with two attached hydrogens (primary N) is 3. The van der Waals surface area contributed by atoms with E-state index in [1.54, 1.807) is 0 Å². The third-order valence-corrected chi connectivity index (χ3v) is 5.13. The summed E-state index contributed by atoms with van der Waals surface area (Å²) in [5.74, 6) is -2.57. The molecule has 1 saturated heterocycles. The van der Waals surface area contributed by atoms with E-state index in [1.165, 1.54) is 11.8 Å². The summed E-state index contributed by atoms with van der Waals surface area (Å²) in [6.07, 6.45) is 1.93. The molecule has 4 unspecified atom stereocenters. The molecular formula is C20H37N7O5. The molecule has 9 N–H and O–H groups in total. The van der Waals surface area contributed by atoms with Crippen molar-refractivity contribution >= 4 is 29.7 Å². The summed E-state index contributed by atoms with van der Waals surface area (Å²) in [6, 6.07) is -3.58. The lowest BCUT2D eigenvalue weighted by atomic mass is 10.0. The Hall–Kier alpha value is -2.89. The number of guanidine groups is 1. The minimum Gasteiger partial charge on any atom is -0.480 e. The number of aliphatic imine (C=N–C) groups is 1. The Morgan fingerprint density at radius 2 is 1.72 bits per heavy atom. The van der Waals surface area contributed by atoms with E-state index in [1.807, 2.05) is 13.8 Å². The van der Waals surface area contributed by atoms with Gasteiger partial charge in [-0.3, -0.25) is 19.4 Å². The van der Waals surface area contributed by atoms with Crippen LogP contribution in [0, 0.1) is 5.92 Å². The second-order valence-corrected chi connectivity index (χ2v) is 8.52. The zero-order chi connectivity index (χ0) is 24.4. The van der Waals surface area contributed by atoms with Crippen LogP contribution in [0.4, 0.5) is 0 Å². The molecule has 1 rings (SSSR count). The van der Waals surface area contributed by atoms with Gasteiger partial charge in [0.1, 0.15) is 18.1 Å². The number of carbonyl (C=O) groups is 4. The van der Waals surface area contributed by atoms with Crippen molar-refractivity contribution in [2.45, 2.75) is 77.0 Å². The van der Waals surface area contributed by atoms with Crippen LogP contribution in [0.3, 0.4) is 0 Å². The van der Waals surface area contributed by atoms with Crippen LogP contribution in [0.15, 0.2) is 4.99 Å². The van der Waals surface area contributed by atoms with E-state index in [0.29, 0.717) is 32.2 Å². The summed E-state index contributed by atoms with van der Waals surface area (Å²) in [5, 5.41) is 14.7. The fraction of sp³-hybridized carbons (Fsp3) is 0.750. The number of nitrogens with zero attached hydrogens (tertiary/aromatic N) is 2. The van der Waals surface area contributed by atoms with Crippen LogP contribution in [0.2, 0.25) is 0 Å². The average Bonchev–Trinajstić information content (AvgIpc) is 3.18. The van der Waals surface area contributed by atoms with E-state index in [2.05, 4.69) is 15.6 Å². The predicted molar refractivity (Wildman–Crippen MR) is 119 cm³/mol. The summed E-state index contributed by atoms with van der Waals surface area (Å²) in [4.78, 5) is 54.9. The number of carbonyl (C=O) groups excluding carboxylic acids is 3. The number of nitrogens with one attached hydrogen (secondary N) is 2. The van der Waals surface area contributed by atoms with Crippen molar-refractivity contribution in [2.24, 2.45) is 28.1 Å². The Morgan fingerprint density at radius 3 is 2.25 bits per heavy atom. The fourth-order valence-corrected chi connectivity index (χ4v) is 3.53. The Balaban J connectivity index is 2.97. The summed E-state index contributed by atoms with van der Waals surface area (Å²) >= 11 is 0. The highest BCUT2D eigenvalue weighted by molar-refractivity contribution is 5.94. The molecule has 3 amide bonds. The Labute approximate surface area is 188 Å². The predicted octanol–water partition coefficient (Wildman–Crippen LogP) is -1.52. The molecule has 182 valence electrons. The topological polar surface area (TPSA) is 206 Å². The second-order valence-electron chi connectivity index (χ2n) is 8.52. The van der Waals surface area contributed by atoms with Crippen LogP contribution in [-0.4, -0.2) is 76.9 Å². The molecule has 0 aromatic heterocycles. The van der Waals surface area contributed by atoms with E-state index < -0.39 is 47.9 Å². The molecule has 0 spiro atoms. The minimum absolute atomic E-state index is 0.0640. The van der Waals surface area contributed by atoms with Crippen LogP contribution in [0.25, 0.3) is 0 Å². The second kappa shape index (κ2) is 12.8. The number of carboxylic acid groups (broad SMARTS) is 1. The van der Waals surface area contributed by atoms with E-state index >= 15 is 0 Å². The van der Waals surface area contributed by atoms with Crippen molar-refractivity contribution in [1.29, 1.82) is 0 Å². The highest BCUT2D eigenvalue weighted by atomic mass is 16.4. The molecule has 4 atom stereocenters. The first kappa shape index (κ1) is 27.1. The first-order valence-corrected chi connectivity index (χ1v) is 10.9. The lowest BCUT2D eigenvalue weighted by molar-refractivity contribution is -0.149. The normalized spacial score (nSPS) is 18.5.